The van der Waals surface area contributed by atoms with Gasteiger partial charge in [0.25, 0.3) is 0 Å². The van der Waals surface area contributed by atoms with E-state index in [1.807, 2.05) is 45.0 Å². The van der Waals surface area contributed by atoms with E-state index in [0.29, 0.717) is 23.0 Å². The van der Waals surface area contributed by atoms with E-state index >= 15 is 0 Å². The van der Waals surface area contributed by atoms with Gasteiger partial charge in [-0.25, -0.2) is 9.78 Å². The van der Waals surface area contributed by atoms with Gasteiger partial charge < -0.3 is 4.74 Å². The summed E-state index contributed by atoms with van der Waals surface area (Å²) in [5.74, 6) is 1.52. The van der Waals surface area contributed by atoms with Gasteiger partial charge in [-0.3, -0.25) is 9.47 Å². The molecule has 7 nitrogen and oxygen atoms in total. The van der Waals surface area contributed by atoms with E-state index in [1.165, 1.54) is 6.20 Å². The molecule has 35 heavy (non-hydrogen) atoms. The molecule has 1 aliphatic carbocycles. The highest BCUT2D eigenvalue weighted by molar-refractivity contribution is 6.30. The summed E-state index contributed by atoms with van der Waals surface area (Å²) in [6.45, 7) is 6.19. The highest BCUT2D eigenvalue weighted by Gasteiger charge is 2.33. The number of nitrogens with zero attached hydrogens (tertiary/aromatic N) is 5. The maximum atomic E-state index is 14.2. The maximum Gasteiger partial charge on any atom is 0.411 e. The van der Waals surface area contributed by atoms with E-state index in [1.54, 1.807) is 11.0 Å². The third-order valence-corrected chi connectivity index (χ3v) is 6.94. The zero-order chi connectivity index (χ0) is 24.7. The molecule has 0 radical (unpaired) electrons. The van der Waals surface area contributed by atoms with Gasteiger partial charge >= 0.3 is 6.09 Å². The van der Waals surface area contributed by atoms with Crippen LogP contribution < -0.4 is 0 Å². The predicted octanol–water partition coefficient (Wildman–Crippen LogP) is 6.15. The second-order valence-corrected chi connectivity index (χ2v) is 10.8. The second kappa shape index (κ2) is 9.22. The monoisotopic (exact) mass is 497 g/mol. The van der Waals surface area contributed by atoms with Crippen LogP contribution in [-0.4, -0.2) is 36.3 Å². The van der Waals surface area contributed by atoms with Crippen LogP contribution in [0.25, 0.3) is 5.69 Å². The summed E-state index contributed by atoms with van der Waals surface area (Å²) in [4.78, 5) is 18.4. The Morgan fingerprint density at radius 1 is 1.09 bits per heavy atom. The molecular formula is C26H29ClFN5O2. The van der Waals surface area contributed by atoms with E-state index in [9.17, 15) is 9.18 Å². The first kappa shape index (κ1) is 23.7. The molecular weight excluding hydrogens is 469 g/mol. The lowest BCUT2D eigenvalue weighted by Crippen LogP contribution is -2.35. The zero-order valence-corrected chi connectivity index (χ0v) is 20.9. The van der Waals surface area contributed by atoms with Gasteiger partial charge in [0.05, 0.1) is 18.8 Å². The minimum absolute atomic E-state index is 0.153. The van der Waals surface area contributed by atoms with Gasteiger partial charge in [-0.1, -0.05) is 17.7 Å². The van der Waals surface area contributed by atoms with Crippen LogP contribution in [0.15, 0.2) is 36.5 Å². The Hall–Kier alpha value is -3.00. The molecule has 3 aromatic rings. The van der Waals surface area contributed by atoms with Gasteiger partial charge in [-0.15, -0.1) is 10.2 Å². The Morgan fingerprint density at radius 2 is 1.83 bits per heavy atom. The quantitative estimate of drug-likeness (QED) is 0.397. The fourth-order valence-electron chi connectivity index (χ4n) is 5.11. The summed E-state index contributed by atoms with van der Waals surface area (Å²) >= 11 is 6.33. The molecule has 1 fully saturated rings. The summed E-state index contributed by atoms with van der Waals surface area (Å²) in [6.07, 6.45) is 4.53. The molecule has 2 aromatic heterocycles. The molecule has 1 aliphatic heterocycles. The van der Waals surface area contributed by atoms with E-state index in [4.69, 9.17) is 16.3 Å². The number of fused-ring (bicyclic) bond motifs is 3. The lowest BCUT2D eigenvalue weighted by atomic mass is 9.78. The van der Waals surface area contributed by atoms with Crippen LogP contribution in [-0.2, 0) is 17.8 Å². The third-order valence-electron chi connectivity index (χ3n) is 6.70. The fourth-order valence-corrected chi connectivity index (χ4v) is 5.31. The Morgan fingerprint density at radius 3 is 2.54 bits per heavy atom. The molecule has 5 rings (SSSR count). The maximum absolute atomic E-state index is 14.2. The van der Waals surface area contributed by atoms with Gasteiger partial charge in [-0.2, -0.15) is 4.39 Å². The van der Waals surface area contributed by atoms with Crippen molar-refractivity contribution in [2.75, 3.05) is 0 Å². The van der Waals surface area contributed by atoms with Crippen LogP contribution in [0.4, 0.5) is 9.18 Å². The molecule has 0 N–H and O–H groups in total. The smallest absolute Gasteiger partial charge is 0.411 e. The number of aromatic nitrogens is 4. The standard InChI is InChI=1S/C26H29ClFN5O2/c1-26(2,3)35-25(34)32-14-18-13-19(27)10-11-21(18)33-22(15-32)30-31-24(33)17-8-6-16(7-9-17)20-5-4-12-29-23(20)28/h4-5,10-13,16-17H,6-9,14-15H2,1-3H3. The summed E-state index contributed by atoms with van der Waals surface area (Å²) < 4.78 is 21.9. The minimum Gasteiger partial charge on any atom is -0.444 e. The van der Waals surface area contributed by atoms with E-state index in [-0.39, 0.29) is 24.3 Å². The molecule has 1 amide bonds. The predicted molar refractivity (Wildman–Crippen MR) is 130 cm³/mol. The number of benzene rings is 1. The highest BCUT2D eigenvalue weighted by Crippen LogP contribution is 2.42. The van der Waals surface area contributed by atoms with Gasteiger partial charge in [0.15, 0.2) is 5.82 Å². The molecule has 0 spiro atoms. The topological polar surface area (TPSA) is 73.1 Å². The second-order valence-electron chi connectivity index (χ2n) is 10.4. The molecule has 184 valence electrons. The van der Waals surface area contributed by atoms with E-state index in [2.05, 4.69) is 19.7 Å². The van der Waals surface area contributed by atoms with Crippen LogP contribution in [0.2, 0.25) is 5.02 Å². The Balaban J connectivity index is 1.44. The third kappa shape index (κ3) is 4.89. The van der Waals surface area contributed by atoms with Crippen molar-refractivity contribution >= 4 is 17.7 Å². The van der Waals surface area contributed by atoms with Crippen LogP contribution in [0.1, 0.15) is 81.1 Å². The SMILES string of the molecule is CC(C)(C)OC(=O)N1Cc2cc(Cl)ccc2-n2c(nnc2C2CCC(c3cccnc3F)CC2)C1. The fraction of sp³-hybridized carbons (Fsp3) is 0.462. The van der Waals surface area contributed by atoms with Crippen LogP contribution in [0.3, 0.4) is 0 Å². The van der Waals surface area contributed by atoms with Gasteiger partial charge in [0.1, 0.15) is 11.4 Å². The largest absolute Gasteiger partial charge is 0.444 e. The Kier molecular flexibility index (Phi) is 6.25. The normalized spacial score (nSPS) is 20.1. The molecule has 2 aliphatic rings. The molecule has 0 atom stereocenters. The molecule has 0 unspecified atom stereocenters. The van der Waals surface area contributed by atoms with E-state index < -0.39 is 11.7 Å². The van der Waals surface area contributed by atoms with Crippen LogP contribution >= 0.6 is 11.6 Å². The molecule has 0 saturated heterocycles. The van der Waals surface area contributed by atoms with Crippen LogP contribution in [0.5, 0.6) is 0 Å². The number of pyridine rings is 1. The van der Waals surface area contributed by atoms with Crippen molar-refractivity contribution in [3.63, 3.8) is 0 Å². The van der Waals surface area contributed by atoms with Gasteiger partial charge in [-0.05, 0) is 82.2 Å². The number of ether oxygens (including phenoxy) is 1. The highest BCUT2D eigenvalue weighted by atomic mass is 35.5. The number of carbonyl (C=O) groups is 1. The first-order valence-corrected chi connectivity index (χ1v) is 12.4. The van der Waals surface area contributed by atoms with Crippen molar-refractivity contribution < 1.29 is 13.9 Å². The van der Waals surface area contributed by atoms with E-state index in [0.717, 1.165) is 42.8 Å². The van der Waals surface area contributed by atoms with Crippen molar-refractivity contribution in [2.24, 2.45) is 0 Å². The number of amides is 1. The van der Waals surface area contributed by atoms with Crippen molar-refractivity contribution in [3.05, 3.63) is 70.3 Å². The molecule has 1 saturated carbocycles. The molecule has 0 bridgehead atoms. The number of hydrogen-bond acceptors (Lipinski definition) is 5. The molecule has 9 heteroatoms. The summed E-state index contributed by atoms with van der Waals surface area (Å²) in [7, 11) is 0. The number of hydrogen-bond donors (Lipinski definition) is 0. The lowest BCUT2D eigenvalue weighted by Gasteiger charge is -2.28. The first-order valence-electron chi connectivity index (χ1n) is 12.0. The Labute approximate surface area is 209 Å². The molecule has 3 heterocycles. The lowest BCUT2D eigenvalue weighted by molar-refractivity contribution is 0.0214. The first-order chi connectivity index (χ1) is 16.7. The summed E-state index contributed by atoms with van der Waals surface area (Å²) in [6, 6.07) is 9.32. The van der Waals surface area contributed by atoms with Crippen molar-refractivity contribution in [3.8, 4) is 5.69 Å². The van der Waals surface area contributed by atoms with Crippen molar-refractivity contribution in [1.29, 1.82) is 0 Å². The van der Waals surface area contributed by atoms with Gasteiger partial charge in [0.2, 0.25) is 5.95 Å². The van der Waals surface area contributed by atoms with Crippen molar-refractivity contribution in [2.45, 2.75) is 77.0 Å². The molecule has 1 aromatic carbocycles. The van der Waals surface area contributed by atoms with Crippen LogP contribution in [0, 0.1) is 5.95 Å². The zero-order valence-electron chi connectivity index (χ0n) is 20.2. The average Bonchev–Trinajstić information content (AvgIpc) is 3.14. The van der Waals surface area contributed by atoms with Gasteiger partial charge in [0, 0.05) is 22.7 Å². The average molecular weight is 498 g/mol. The number of halogens is 2. The Bertz CT molecular complexity index is 1250. The minimum atomic E-state index is -0.605. The summed E-state index contributed by atoms with van der Waals surface area (Å²) in [5.41, 5.74) is 1.93. The number of rotatable bonds is 2. The number of carbonyl (C=O) groups excluding carboxylic acids is 1. The van der Waals surface area contributed by atoms with Crippen molar-refractivity contribution in [1.82, 2.24) is 24.6 Å². The summed E-state index contributed by atoms with van der Waals surface area (Å²) in [5, 5.41) is 9.68.